The van der Waals surface area contributed by atoms with Crippen molar-refractivity contribution in [3.05, 3.63) is 44.7 Å². The van der Waals surface area contributed by atoms with Crippen molar-refractivity contribution in [2.24, 2.45) is 0 Å². The highest BCUT2D eigenvalue weighted by molar-refractivity contribution is 5.82. The predicted octanol–water partition coefficient (Wildman–Crippen LogP) is 1.80. The van der Waals surface area contributed by atoms with E-state index in [-0.39, 0.29) is 6.04 Å². The third kappa shape index (κ3) is 2.14. The van der Waals surface area contributed by atoms with Gasteiger partial charge in [0, 0.05) is 13.1 Å². The standard InChI is InChI=1S/C15H17NO3/c1-9(2)16(3)13-12(14(17)15(13)18)10-5-7-11(19-4)8-6-10/h5-9H,1-4H3. The fraction of sp³-hybridized carbons (Fsp3) is 0.333. The Labute approximate surface area is 111 Å². The molecule has 4 nitrogen and oxygen atoms in total. The Hall–Kier alpha value is -2.10. The largest absolute Gasteiger partial charge is 0.497 e. The molecule has 0 heterocycles. The van der Waals surface area contributed by atoms with Gasteiger partial charge in [0.1, 0.15) is 11.4 Å². The second-order valence-electron chi connectivity index (χ2n) is 4.82. The minimum atomic E-state index is -0.410. The highest BCUT2D eigenvalue weighted by Gasteiger charge is 2.26. The van der Waals surface area contributed by atoms with Gasteiger partial charge in [-0.1, -0.05) is 12.1 Å². The van der Waals surface area contributed by atoms with Crippen LogP contribution in [0.5, 0.6) is 5.75 Å². The second-order valence-corrected chi connectivity index (χ2v) is 4.82. The zero-order chi connectivity index (χ0) is 14.2. The Morgan fingerprint density at radius 1 is 1.05 bits per heavy atom. The van der Waals surface area contributed by atoms with Gasteiger partial charge in [-0.3, -0.25) is 9.59 Å². The van der Waals surface area contributed by atoms with Gasteiger partial charge in [-0.25, -0.2) is 0 Å². The van der Waals surface area contributed by atoms with Crippen LogP contribution in [0.1, 0.15) is 13.8 Å². The van der Waals surface area contributed by atoms with Crippen molar-refractivity contribution < 1.29 is 4.74 Å². The summed E-state index contributed by atoms with van der Waals surface area (Å²) in [7, 11) is 3.41. The molecule has 100 valence electrons. The fourth-order valence-corrected chi connectivity index (χ4v) is 2.00. The predicted molar refractivity (Wildman–Crippen MR) is 76.9 cm³/mol. The summed E-state index contributed by atoms with van der Waals surface area (Å²) in [5, 5.41) is 0. The number of ether oxygens (including phenoxy) is 1. The van der Waals surface area contributed by atoms with Crippen molar-refractivity contribution in [3.8, 4) is 16.9 Å². The first-order valence-corrected chi connectivity index (χ1v) is 6.18. The van der Waals surface area contributed by atoms with Gasteiger partial charge < -0.3 is 9.64 Å². The first-order valence-electron chi connectivity index (χ1n) is 6.18. The molecular formula is C15H17NO3. The number of benzene rings is 1. The van der Waals surface area contributed by atoms with Crippen molar-refractivity contribution in [2.45, 2.75) is 19.9 Å². The van der Waals surface area contributed by atoms with E-state index < -0.39 is 10.9 Å². The molecule has 0 spiro atoms. The van der Waals surface area contributed by atoms with E-state index >= 15 is 0 Å². The van der Waals surface area contributed by atoms with Crippen LogP contribution in [0.15, 0.2) is 33.9 Å². The summed E-state index contributed by atoms with van der Waals surface area (Å²) in [6.07, 6.45) is 0. The zero-order valence-electron chi connectivity index (χ0n) is 11.6. The molecule has 0 saturated heterocycles. The van der Waals surface area contributed by atoms with Crippen LogP contribution in [0.2, 0.25) is 0 Å². The van der Waals surface area contributed by atoms with E-state index in [9.17, 15) is 9.59 Å². The third-order valence-electron chi connectivity index (χ3n) is 3.39. The van der Waals surface area contributed by atoms with Crippen molar-refractivity contribution in [1.82, 2.24) is 0 Å². The first kappa shape index (κ1) is 13.3. The summed E-state index contributed by atoms with van der Waals surface area (Å²) in [4.78, 5) is 25.4. The molecule has 0 radical (unpaired) electrons. The quantitative estimate of drug-likeness (QED) is 0.786. The van der Waals surface area contributed by atoms with E-state index in [1.54, 1.807) is 31.4 Å². The Morgan fingerprint density at radius 3 is 2.11 bits per heavy atom. The van der Waals surface area contributed by atoms with Crippen LogP contribution in [0.25, 0.3) is 11.1 Å². The molecule has 0 saturated carbocycles. The SMILES string of the molecule is COc1ccc(-c2c(N(C)C(C)C)c(=O)c2=O)cc1. The van der Waals surface area contributed by atoms with Crippen LogP contribution in [-0.2, 0) is 0 Å². The second kappa shape index (κ2) is 4.88. The van der Waals surface area contributed by atoms with Crippen molar-refractivity contribution >= 4 is 5.69 Å². The molecule has 0 N–H and O–H groups in total. The van der Waals surface area contributed by atoms with Gasteiger partial charge in [0.05, 0.1) is 12.7 Å². The van der Waals surface area contributed by atoms with Gasteiger partial charge in [-0.05, 0) is 31.5 Å². The molecule has 0 fully saturated rings. The minimum absolute atomic E-state index is 0.167. The molecule has 0 bridgehead atoms. The molecule has 2 rings (SSSR count). The number of nitrogens with zero attached hydrogens (tertiary/aromatic N) is 1. The number of rotatable bonds is 4. The van der Waals surface area contributed by atoms with Gasteiger partial charge in [0.15, 0.2) is 0 Å². The van der Waals surface area contributed by atoms with Gasteiger partial charge in [-0.15, -0.1) is 0 Å². The Balaban J connectivity index is 2.48. The van der Waals surface area contributed by atoms with E-state index in [4.69, 9.17) is 4.74 Å². The van der Waals surface area contributed by atoms with Gasteiger partial charge >= 0.3 is 0 Å². The third-order valence-corrected chi connectivity index (χ3v) is 3.39. The van der Waals surface area contributed by atoms with Crippen molar-refractivity contribution in [1.29, 1.82) is 0 Å². The summed E-state index contributed by atoms with van der Waals surface area (Å²) in [5.74, 6) is 0.723. The van der Waals surface area contributed by atoms with Gasteiger partial charge in [0.2, 0.25) is 10.9 Å². The molecule has 2 aromatic carbocycles. The normalized spacial score (nSPS) is 11.0. The van der Waals surface area contributed by atoms with Crippen LogP contribution in [0, 0.1) is 0 Å². The lowest BCUT2D eigenvalue weighted by Gasteiger charge is -2.26. The molecule has 0 aliphatic heterocycles. The highest BCUT2D eigenvalue weighted by Crippen LogP contribution is 2.28. The van der Waals surface area contributed by atoms with Gasteiger partial charge in [-0.2, -0.15) is 0 Å². The maximum absolute atomic E-state index is 11.8. The molecule has 0 unspecified atom stereocenters. The molecule has 4 heteroatoms. The average Bonchev–Trinajstić information content (AvgIpc) is 2.43. The van der Waals surface area contributed by atoms with Crippen LogP contribution < -0.4 is 20.5 Å². The molecule has 2 aromatic rings. The monoisotopic (exact) mass is 259 g/mol. The molecule has 19 heavy (non-hydrogen) atoms. The molecule has 0 aliphatic rings. The van der Waals surface area contributed by atoms with Crippen LogP contribution in [0.4, 0.5) is 5.69 Å². The Morgan fingerprint density at radius 2 is 1.63 bits per heavy atom. The number of hydrogen-bond acceptors (Lipinski definition) is 4. The van der Waals surface area contributed by atoms with Crippen LogP contribution in [0.3, 0.4) is 0 Å². The van der Waals surface area contributed by atoms with E-state index in [0.717, 1.165) is 11.3 Å². The number of anilines is 1. The van der Waals surface area contributed by atoms with E-state index in [1.807, 2.05) is 25.8 Å². The maximum atomic E-state index is 11.8. The number of methoxy groups -OCH3 is 1. The van der Waals surface area contributed by atoms with E-state index in [2.05, 4.69) is 0 Å². The molecule has 0 amide bonds. The molecular weight excluding hydrogens is 242 g/mol. The van der Waals surface area contributed by atoms with Crippen LogP contribution in [-0.4, -0.2) is 20.2 Å². The lowest BCUT2D eigenvalue weighted by atomic mass is 9.97. The summed E-state index contributed by atoms with van der Waals surface area (Å²) < 4.78 is 5.08. The summed E-state index contributed by atoms with van der Waals surface area (Å²) in [6, 6.07) is 7.33. The zero-order valence-corrected chi connectivity index (χ0v) is 11.6. The lowest BCUT2D eigenvalue weighted by Crippen LogP contribution is -2.42. The van der Waals surface area contributed by atoms with Crippen molar-refractivity contribution in [2.75, 3.05) is 19.1 Å². The topological polar surface area (TPSA) is 46.6 Å². The number of hydrogen-bond donors (Lipinski definition) is 0. The van der Waals surface area contributed by atoms with E-state index in [0.29, 0.717) is 11.3 Å². The Kier molecular flexibility index (Phi) is 3.42. The smallest absolute Gasteiger partial charge is 0.250 e. The minimum Gasteiger partial charge on any atom is -0.497 e. The first-order chi connectivity index (χ1) is 8.97. The average molecular weight is 259 g/mol. The van der Waals surface area contributed by atoms with Crippen LogP contribution >= 0.6 is 0 Å². The van der Waals surface area contributed by atoms with E-state index in [1.165, 1.54) is 0 Å². The Bertz CT molecular complexity index is 649. The molecule has 0 aromatic heterocycles. The van der Waals surface area contributed by atoms with Crippen molar-refractivity contribution in [3.63, 3.8) is 0 Å². The molecule has 0 atom stereocenters. The summed E-state index contributed by atoms with van der Waals surface area (Å²) in [6.45, 7) is 3.96. The lowest BCUT2D eigenvalue weighted by molar-refractivity contribution is 0.415. The fourth-order valence-electron chi connectivity index (χ4n) is 2.00. The van der Waals surface area contributed by atoms with Gasteiger partial charge in [0.25, 0.3) is 0 Å². The molecule has 0 aliphatic carbocycles. The summed E-state index contributed by atoms with van der Waals surface area (Å²) >= 11 is 0. The highest BCUT2D eigenvalue weighted by atomic mass is 16.5. The maximum Gasteiger partial charge on any atom is 0.250 e. The summed E-state index contributed by atoms with van der Waals surface area (Å²) in [5.41, 5.74) is 0.955.